The van der Waals surface area contributed by atoms with Crippen LogP contribution in [0.5, 0.6) is 0 Å². The van der Waals surface area contributed by atoms with Crippen LogP contribution in [0.2, 0.25) is 0 Å². The first-order chi connectivity index (χ1) is 7.22. The molecule has 2 rings (SSSR count). The standard InChI is InChI=1S/C11H11NO3/c1-15-11(14)12-9-6-10(13)8-5-3-2-4-7(8)9/h2-5,9H,6H2,1H3,(H,12,14). The number of amides is 1. The number of nitrogens with one attached hydrogen (secondary N) is 1. The number of alkyl carbamates (subject to hydrolysis) is 1. The second kappa shape index (κ2) is 3.73. The van der Waals surface area contributed by atoms with Crippen molar-refractivity contribution < 1.29 is 14.3 Å². The highest BCUT2D eigenvalue weighted by Crippen LogP contribution is 2.30. The molecule has 78 valence electrons. The van der Waals surface area contributed by atoms with Crippen LogP contribution < -0.4 is 5.32 Å². The number of hydrogen-bond donors (Lipinski definition) is 1. The predicted molar refractivity (Wildman–Crippen MR) is 53.7 cm³/mol. The Morgan fingerprint density at radius 3 is 2.93 bits per heavy atom. The van der Waals surface area contributed by atoms with Crippen molar-refractivity contribution in [1.29, 1.82) is 0 Å². The zero-order valence-corrected chi connectivity index (χ0v) is 8.32. The summed E-state index contributed by atoms with van der Waals surface area (Å²) in [5.74, 6) is 0.0620. The van der Waals surface area contributed by atoms with Gasteiger partial charge in [-0.05, 0) is 5.56 Å². The van der Waals surface area contributed by atoms with Gasteiger partial charge in [0.1, 0.15) is 0 Å². The molecule has 0 aliphatic heterocycles. The minimum atomic E-state index is -0.510. The second-order valence-electron chi connectivity index (χ2n) is 3.40. The molecular weight excluding hydrogens is 194 g/mol. The Morgan fingerprint density at radius 2 is 2.20 bits per heavy atom. The molecule has 0 fully saturated rings. The first-order valence-corrected chi connectivity index (χ1v) is 4.69. The lowest BCUT2D eigenvalue weighted by Crippen LogP contribution is -2.26. The Labute approximate surface area is 87.2 Å². The van der Waals surface area contributed by atoms with Gasteiger partial charge in [-0.2, -0.15) is 0 Å². The van der Waals surface area contributed by atoms with Crippen LogP contribution in [0.15, 0.2) is 24.3 Å². The molecule has 0 aromatic heterocycles. The minimum Gasteiger partial charge on any atom is -0.453 e. The third kappa shape index (κ3) is 1.70. The molecule has 0 saturated heterocycles. The zero-order chi connectivity index (χ0) is 10.8. The van der Waals surface area contributed by atoms with Gasteiger partial charge >= 0.3 is 6.09 Å². The van der Waals surface area contributed by atoms with Crippen molar-refractivity contribution in [2.45, 2.75) is 12.5 Å². The van der Waals surface area contributed by atoms with Gasteiger partial charge in [-0.15, -0.1) is 0 Å². The Balaban J connectivity index is 2.25. The van der Waals surface area contributed by atoms with E-state index in [0.717, 1.165) is 5.56 Å². The number of rotatable bonds is 1. The van der Waals surface area contributed by atoms with E-state index in [4.69, 9.17) is 0 Å². The summed E-state index contributed by atoms with van der Waals surface area (Å²) in [5.41, 5.74) is 1.56. The van der Waals surface area contributed by atoms with Crippen molar-refractivity contribution in [3.8, 4) is 0 Å². The highest BCUT2D eigenvalue weighted by atomic mass is 16.5. The van der Waals surface area contributed by atoms with Crippen LogP contribution in [0, 0.1) is 0 Å². The fourth-order valence-electron chi connectivity index (χ4n) is 1.79. The highest BCUT2D eigenvalue weighted by molar-refractivity contribution is 6.01. The fraction of sp³-hybridized carbons (Fsp3) is 0.273. The first-order valence-electron chi connectivity index (χ1n) is 4.69. The Hall–Kier alpha value is -1.84. The van der Waals surface area contributed by atoms with Crippen LogP contribution in [0.25, 0.3) is 0 Å². The van der Waals surface area contributed by atoms with E-state index >= 15 is 0 Å². The van der Waals surface area contributed by atoms with E-state index in [2.05, 4.69) is 10.1 Å². The number of carbonyl (C=O) groups excluding carboxylic acids is 2. The summed E-state index contributed by atoms with van der Waals surface area (Å²) in [6, 6.07) is 7.04. The topological polar surface area (TPSA) is 55.4 Å². The van der Waals surface area contributed by atoms with E-state index in [1.165, 1.54) is 7.11 Å². The lowest BCUT2D eigenvalue weighted by atomic mass is 10.1. The van der Waals surface area contributed by atoms with Crippen LogP contribution in [-0.4, -0.2) is 19.0 Å². The first kappa shape index (κ1) is 9.71. The molecule has 0 spiro atoms. The highest BCUT2D eigenvalue weighted by Gasteiger charge is 2.29. The number of hydrogen-bond acceptors (Lipinski definition) is 3. The van der Waals surface area contributed by atoms with Crippen molar-refractivity contribution in [2.75, 3.05) is 7.11 Å². The van der Waals surface area contributed by atoms with Crippen molar-refractivity contribution in [1.82, 2.24) is 5.32 Å². The van der Waals surface area contributed by atoms with Crippen molar-refractivity contribution in [2.24, 2.45) is 0 Å². The van der Waals surface area contributed by atoms with Gasteiger partial charge in [-0.25, -0.2) is 4.79 Å². The van der Waals surface area contributed by atoms with Crippen molar-refractivity contribution in [3.05, 3.63) is 35.4 Å². The minimum absolute atomic E-state index is 0.0620. The van der Waals surface area contributed by atoms with Gasteiger partial charge in [-0.1, -0.05) is 24.3 Å². The molecule has 1 atom stereocenters. The molecule has 1 N–H and O–H groups in total. The molecular formula is C11H11NO3. The van der Waals surface area contributed by atoms with Gasteiger partial charge in [-0.3, -0.25) is 4.79 Å². The second-order valence-corrected chi connectivity index (χ2v) is 3.40. The van der Waals surface area contributed by atoms with Gasteiger partial charge in [0, 0.05) is 12.0 Å². The van der Waals surface area contributed by atoms with Crippen LogP contribution in [0.1, 0.15) is 28.4 Å². The summed E-state index contributed by atoms with van der Waals surface area (Å²) in [6.07, 6.45) is -0.196. The van der Waals surface area contributed by atoms with Crippen LogP contribution in [0.3, 0.4) is 0 Å². The van der Waals surface area contributed by atoms with Crippen LogP contribution >= 0.6 is 0 Å². The zero-order valence-electron chi connectivity index (χ0n) is 8.32. The lowest BCUT2D eigenvalue weighted by molar-refractivity contribution is 0.0985. The van der Waals surface area contributed by atoms with Crippen LogP contribution in [-0.2, 0) is 4.74 Å². The fourth-order valence-corrected chi connectivity index (χ4v) is 1.79. The van der Waals surface area contributed by atoms with Crippen molar-refractivity contribution >= 4 is 11.9 Å². The molecule has 1 aromatic carbocycles. The summed E-state index contributed by atoms with van der Waals surface area (Å²) in [7, 11) is 1.30. The number of methoxy groups -OCH3 is 1. The van der Waals surface area contributed by atoms with Gasteiger partial charge in [0.25, 0.3) is 0 Å². The maximum atomic E-state index is 11.6. The molecule has 0 heterocycles. The van der Waals surface area contributed by atoms with Crippen LogP contribution in [0.4, 0.5) is 4.79 Å². The van der Waals surface area contributed by atoms with E-state index in [1.54, 1.807) is 6.07 Å². The van der Waals surface area contributed by atoms with Crippen molar-refractivity contribution in [3.63, 3.8) is 0 Å². The number of ether oxygens (including phenoxy) is 1. The smallest absolute Gasteiger partial charge is 0.407 e. The maximum absolute atomic E-state index is 11.6. The number of Topliss-reactive ketones (excluding diaryl/α,β-unsaturated/α-hetero) is 1. The van der Waals surface area contributed by atoms with Gasteiger partial charge in [0.15, 0.2) is 5.78 Å². The Bertz CT molecular complexity index is 414. The summed E-state index contributed by atoms with van der Waals surface area (Å²) < 4.78 is 4.50. The van der Waals surface area contributed by atoms with E-state index < -0.39 is 6.09 Å². The maximum Gasteiger partial charge on any atom is 0.407 e. The van der Waals surface area contributed by atoms with Gasteiger partial charge in [0.2, 0.25) is 0 Å². The molecule has 4 heteroatoms. The van der Waals surface area contributed by atoms with Gasteiger partial charge in [0.05, 0.1) is 13.2 Å². The summed E-state index contributed by atoms with van der Waals surface area (Å²) >= 11 is 0. The SMILES string of the molecule is COC(=O)NC1CC(=O)c2ccccc21. The quantitative estimate of drug-likeness (QED) is 0.758. The summed E-state index contributed by atoms with van der Waals surface area (Å²) in [5, 5.41) is 2.63. The third-order valence-electron chi connectivity index (χ3n) is 2.50. The number of benzene rings is 1. The largest absolute Gasteiger partial charge is 0.453 e. The number of ketones is 1. The lowest BCUT2D eigenvalue weighted by Gasteiger charge is -2.11. The third-order valence-corrected chi connectivity index (χ3v) is 2.50. The Morgan fingerprint density at radius 1 is 1.47 bits per heavy atom. The van der Waals surface area contributed by atoms with E-state index in [9.17, 15) is 9.59 Å². The molecule has 4 nitrogen and oxygen atoms in total. The molecule has 1 unspecified atom stereocenters. The molecule has 1 aromatic rings. The summed E-state index contributed by atoms with van der Waals surface area (Å²) in [4.78, 5) is 22.6. The molecule has 0 bridgehead atoms. The van der Waals surface area contributed by atoms with E-state index in [1.807, 2.05) is 18.2 Å². The molecule has 0 saturated carbocycles. The molecule has 1 amide bonds. The van der Waals surface area contributed by atoms with E-state index in [0.29, 0.717) is 12.0 Å². The monoisotopic (exact) mass is 205 g/mol. The number of fused-ring (bicyclic) bond motifs is 1. The average molecular weight is 205 g/mol. The molecule has 15 heavy (non-hydrogen) atoms. The van der Waals surface area contributed by atoms with E-state index in [-0.39, 0.29) is 11.8 Å². The predicted octanol–water partition coefficient (Wildman–Crippen LogP) is 1.67. The Kier molecular flexibility index (Phi) is 2.41. The average Bonchev–Trinajstić information content (AvgIpc) is 2.57. The molecule has 1 aliphatic rings. The molecule has 0 radical (unpaired) electrons. The molecule has 1 aliphatic carbocycles. The summed E-state index contributed by atoms with van der Waals surface area (Å²) in [6.45, 7) is 0. The van der Waals surface area contributed by atoms with Gasteiger partial charge < -0.3 is 10.1 Å². The normalized spacial score (nSPS) is 18.5. The number of carbonyl (C=O) groups is 2.